The summed E-state index contributed by atoms with van der Waals surface area (Å²) in [6.07, 6.45) is 0.588. The van der Waals surface area contributed by atoms with Gasteiger partial charge in [-0.05, 0) is 30.0 Å². The molecule has 1 aromatic heterocycles. The number of rotatable bonds is 6. The van der Waals surface area contributed by atoms with Gasteiger partial charge in [0.2, 0.25) is 0 Å². The van der Waals surface area contributed by atoms with E-state index < -0.39 is 6.09 Å². The van der Waals surface area contributed by atoms with E-state index in [1.165, 1.54) is 11.6 Å². The lowest BCUT2D eigenvalue weighted by Crippen LogP contribution is -2.35. The Kier molecular flexibility index (Phi) is 6.03. The number of carbonyl (C=O) groups is 1. The van der Waals surface area contributed by atoms with E-state index in [1.54, 1.807) is 18.2 Å². The van der Waals surface area contributed by atoms with Gasteiger partial charge in [0.05, 0.1) is 12.0 Å². The number of benzene rings is 1. The molecule has 0 saturated heterocycles. The third kappa shape index (κ3) is 4.53. The minimum Gasteiger partial charge on any atom is -0.489 e. The zero-order chi connectivity index (χ0) is 20.4. The maximum Gasteiger partial charge on any atom is 0.412 e. The standard InChI is InChI=1S/C20H29N3O4/c1-6-7-10-27-16-15-11-13(21)8-9-14(15)18(24)23(12-20(2,3)4)17(16)22(5)19(25)26/h8-9,11H,6-7,10,12,21H2,1-5H3,(H,25,26). The number of amides is 1. The molecule has 0 saturated carbocycles. The first-order valence-corrected chi connectivity index (χ1v) is 9.12. The van der Waals surface area contributed by atoms with Crippen LogP contribution in [-0.2, 0) is 6.54 Å². The maximum absolute atomic E-state index is 13.2. The lowest BCUT2D eigenvalue weighted by molar-refractivity contribution is 0.202. The van der Waals surface area contributed by atoms with E-state index in [-0.39, 0.29) is 16.8 Å². The second kappa shape index (κ2) is 7.90. The molecule has 0 unspecified atom stereocenters. The summed E-state index contributed by atoms with van der Waals surface area (Å²) in [6, 6.07) is 5.00. The molecule has 1 amide bonds. The Morgan fingerprint density at radius 2 is 1.96 bits per heavy atom. The number of nitrogen functional groups attached to an aromatic ring is 1. The van der Waals surface area contributed by atoms with Crippen LogP contribution in [0.2, 0.25) is 0 Å². The minimum atomic E-state index is -1.17. The maximum atomic E-state index is 13.2. The van der Waals surface area contributed by atoms with E-state index in [0.29, 0.717) is 35.4 Å². The summed E-state index contributed by atoms with van der Waals surface area (Å²) < 4.78 is 7.50. The Morgan fingerprint density at radius 3 is 2.52 bits per heavy atom. The zero-order valence-corrected chi connectivity index (χ0v) is 16.7. The van der Waals surface area contributed by atoms with Crippen molar-refractivity contribution < 1.29 is 14.6 Å². The topological polar surface area (TPSA) is 97.8 Å². The average molecular weight is 375 g/mol. The molecule has 0 aliphatic carbocycles. The van der Waals surface area contributed by atoms with Crippen molar-refractivity contribution in [3.8, 4) is 5.75 Å². The van der Waals surface area contributed by atoms with E-state index in [0.717, 1.165) is 17.7 Å². The Hall–Kier alpha value is -2.70. The third-order valence-corrected chi connectivity index (χ3v) is 4.20. The zero-order valence-electron chi connectivity index (χ0n) is 16.7. The van der Waals surface area contributed by atoms with Crippen LogP contribution in [0.25, 0.3) is 10.8 Å². The van der Waals surface area contributed by atoms with Crippen LogP contribution in [0.4, 0.5) is 16.3 Å². The largest absolute Gasteiger partial charge is 0.489 e. The van der Waals surface area contributed by atoms with Gasteiger partial charge in [0.15, 0.2) is 11.6 Å². The van der Waals surface area contributed by atoms with E-state index in [1.807, 2.05) is 27.7 Å². The van der Waals surface area contributed by atoms with Crippen LogP contribution in [0.5, 0.6) is 5.75 Å². The van der Waals surface area contributed by atoms with Crippen LogP contribution in [0, 0.1) is 5.41 Å². The summed E-state index contributed by atoms with van der Waals surface area (Å²) in [5.41, 5.74) is 5.92. The van der Waals surface area contributed by atoms with Crippen LogP contribution in [0.15, 0.2) is 23.0 Å². The fourth-order valence-electron chi connectivity index (χ4n) is 2.93. The fourth-order valence-corrected chi connectivity index (χ4v) is 2.93. The van der Waals surface area contributed by atoms with Crippen molar-refractivity contribution in [2.24, 2.45) is 5.41 Å². The lowest BCUT2D eigenvalue weighted by Gasteiger charge is -2.28. The van der Waals surface area contributed by atoms with Gasteiger partial charge in [0, 0.05) is 24.7 Å². The van der Waals surface area contributed by atoms with Gasteiger partial charge in [-0.15, -0.1) is 0 Å². The molecule has 0 spiro atoms. The van der Waals surface area contributed by atoms with Crippen LogP contribution in [-0.4, -0.2) is 29.4 Å². The molecule has 0 aliphatic heterocycles. The monoisotopic (exact) mass is 375 g/mol. The molecule has 1 aromatic carbocycles. The Balaban J connectivity index is 2.89. The van der Waals surface area contributed by atoms with Crippen molar-refractivity contribution >= 4 is 28.4 Å². The summed E-state index contributed by atoms with van der Waals surface area (Å²) in [5, 5.41) is 10.6. The van der Waals surface area contributed by atoms with Gasteiger partial charge in [-0.25, -0.2) is 4.79 Å². The highest BCUT2D eigenvalue weighted by Gasteiger charge is 2.26. The van der Waals surface area contributed by atoms with Crippen LogP contribution in [0.3, 0.4) is 0 Å². The third-order valence-electron chi connectivity index (χ3n) is 4.20. The number of hydrogen-bond acceptors (Lipinski definition) is 4. The predicted molar refractivity (Wildman–Crippen MR) is 109 cm³/mol. The number of pyridine rings is 1. The molecule has 0 atom stereocenters. The van der Waals surface area contributed by atoms with Gasteiger partial charge in [-0.1, -0.05) is 34.1 Å². The number of nitrogens with zero attached hydrogens (tertiary/aromatic N) is 2. The average Bonchev–Trinajstić information content (AvgIpc) is 2.57. The molecule has 3 N–H and O–H groups in total. The number of anilines is 2. The van der Waals surface area contributed by atoms with Gasteiger partial charge in [-0.3, -0.25) is 14.3 Å². The molecule has 1 heterocycles. The molecule has 2 rings (SSSR count). The number of fused-ring (bicyclic) bond motifs is 1. The molecule has 0 fully saturated rings. The molecule has 7 nitrogen and oxygen atoms in total. The van der Waals surface area contributed by atoms with Crippen molar-refractivity contribution in [3.63, 3.8) is 0 Å². The number of nitrogens with two attached hydrogens (primary N) is 1. The molecule has 148 valence electrons. The fraction of sp³-hybridized carbons (Fsp3) is 0.500. The quantitative estimate of drug-likeness (QED) is 0.589. The summed E-state index contributed by atoms with van der Waals surface area (Å²) in [5.74, 6) is 0.608. The minimum absolute atomic E-state index is 0.233. The number of carboxylic acid groups (broad SMARTS) is 1. The first-order chi connectivity index (χ1) is 12.6. The number of ether oxygens (including phenoxy) is 1. The second-order valence-corrected chi connectivity index (χ2v) is 7.95. The van der Waals surface area contributed by atoms with Gasteiger partial charge in [0.25, 0.3) is 5.56 Å². The van der Waals surface area contributed by atoms with E-state index in [9.17, 15) is 14.7 Å². The molecule has 7 heteroatoms. The molecule has 0 radical (unpaired) electrons. The van der Waals surface area contributed by atoms with Crippen molar-refractivity contribution in [1.29, 1.82) is 0 Å². The van der Waals surface area contributed by atoms with Crippen molar-refractivity contribution in [2.75, 3.05) is 24.3 Å². The Morgan fingerprint density at radius 1 is 1.30 bits per heavy atom. The van der Waals surface area contributed by atoms with Crippen LogP contribution in [0.1, 0.15) is 40.5 Å². The lowest BCUT2D eigenvalue weighted by atomic mass is 9.96. The summed E-state index contributed by atoms with van der Waals surface area (Å²) >= 11 is 0. The highest BCUT2D eigenvalue weighted by molar-refractivity contribution is 5.97. The smallest absolute Gasteiger partial charge is 0.412 e. The number of unbranched alkanes of at least 4 members (excludes halogenated alkanes) is 1. The summed E-state index contributed by atoms with van der Waals surface area (Å²) in [4.78, 5) is 26.0. The van der Waals surface area contributed by atoms with Gasteiger partial charge < -0.3 is 15.6 Å². The van der Waals surface area contributed by atoms with Crippen molar-refractivity contribution in [3.05, 3.63) is 28.6 Å². The van der Waals surface area contributed by atoms with Crippen molar-refractivity contribution in [1.82, 2.24) is 4.57 Å². The van der Waals surface area contributed by atoms with Crippen molar-refractivity contribution in [2.45, 2.75) is 47.1 Å². The van der Waals surface area contributed by atoms with Gasteiger partial charge in [-0.2, -0.15) is 0 Å². The molecular formula is C20H29N3O4. The molecule has 0 aliphatic rings. The summed E-state index contributed by atoms with van der Waals surface area (Å²) in [7, 11) is 1.42. The van der Waals surface area contributed by atoms with Gasteiger partial charge in [0.1, 0.15) is 0 Å². The highest BCUT2D eigenvalue weighted by atomic mass is 16.5. The van der Waals surface area contributed by atoms with Crippen LogP contribution < -0.4 is 20.9 Å². The first-order valence-electron chi connectivity index (χ1n) is 9.12. The normalized spacial score (nSPS) is 11.6. The molecule has 2 aromatic rings. The Labute approximate surface area is 159 Å². The first kappa shape index (κ1) is 20.6. The molecule has 0 bridgehead atoms. The SMILES string of the molecule is CCCCOc1c(N(C)C(=O)O)n(CC(C)(C)C)c(=O)c2ccc(N)cc12. The van der Waals surface area contributed by atoms with Crippen LogP contribution >= 0.6 is 0 Å². The predicted octanol–water partition coefficient (Wildman–Crippen LogP) is 3.92. The van der Waals surface area contributed by atoms with E-state index >= 15 is 0 Å². The number of aromatic nitrogens is 1. The molecule has 27 heavy (non-hydrogen) atoms. The Bertz CT molecular complexity index is 897. The summed E-state index contributed by atoms with van der Waals surface area (Å²) in [6.45, 7) is 8.81. The van der Waals surface area contributed by atoms with E-state index in [2.05, 4.69) is 0 Å². The second-order valence-electron chi connectivity index (χ2n) is 7.95. The molecular weight excluding hydrogens is 346 g/mol. The van der Waals surface area contributed by atoms with E-state index in [4.69, 9.17) is 10.5 Å². The van der Waals surface area contributed by atoms with Gasteiger partial charge >= 0.3 is 6.09 Å². The number of hydrogen-bond donors (Lipinski definition) is 2. The highest BCUT2D eigenvalue weighted by Crippen LogP contribution is 2.36.